The van der Waals surface area contributed by atoms with Gasteiger partial charge in [0, 0.05) is 9.40 Å². The molecule has 0 aliphatic rings. The Morgan fingerprint density at radius 1 is 0.818 bits per heavy atom. The van der Waals surface area contributed by atoms with Gasteiger partial charge < -0.3 is 5.11 Å². The molecule has 2 heterocycles. The fourth-order valence-electron chi connectivity index (χ4n) is 2.58. The van der Waals surface area contributed by atoms with Gasteiger partial charge in [0.2, 0.25) is 0 Å². The third-order valence-corrected chi connectivity index (χ3v) is 6.22. The summed E-state index contributed by atoms with van der Waals surface area (Å²) in [6.07, 6.45) is 5.73. The molecule has 4 aromatic rings. The maximum atomic E-state index is 11.1. The molecule has 0 spiro atoms. The Morgan fingerprint density at radius 3 is 1.68 bits per heavy atom. The van der Waals surface area contributed by atoms with Gasteiger partial charge in [0.25, 0.3) is 0 Å². The summed E-state index contributed by atoms with van der Waals surface area (Å²) >= 11 is 3.10. The smallest absolute Gasteiger partial charge is 0.195 e. The van der Waals surface area contributed by atoms with Gasteiger partial charge in [0.1, 0.15) is 0 Å². The van der Waals surface area contributed by atoms with Crippen LogP contribution in [0, 0.1) is 12.3 Å². The first-order valence-corrected chi connectivity index (χ1v) is 8.52. The Kier molecular flexibility index (Phi) is 3.05. The first-order chi connectivity index (χ1) is 10.7. The highest BCUT2D eigenvalue weighted by Gasteiger charge is 2.33. The molecule has 0 amide bonds. The van der Waals surface area contributed by atoms with Crippen molar-refractivity contribution in [2.45, 2.75) is 5.60 Å². The lowest BCUT2D eigenvalue weighted by Gasteiger charge is -2.18. The van der Waals surface area contributed by atoms with E-state index >= 15 is 0 Å². The zero-order valence-corrected chi connectivity index (χ0v) is 13.2. The van der Waals surface area contributed by atoms with Crippen molar-refractivity contribution < 1.29 is 5.11 Å². The summed E-state index contributed by atoms with van der Waals surface area (Å²) in [5.74, 6) is 2.61. The van der Waals surface area contributed by atoms with Gasteiger partial charge in [-0.2, -0.15) is 0 Å². The lowest BCUT2D eigenvalue weighted by Crippen LogP contribution is -2.22. The van der Waals surface area contributed by atoms with Crippen LogP contribution < -0.4 is 0 Å². The molecule has 2 aromatic heterocycles. The first-order valence-electron chi connectivity index (χ1n) is 6.89. The van der Waals surface area contributed by atoms with Crippen LogP contribution in [0.1, 0.15) is 9.75 Å². The maximum Gasteiger partial charge on any atom is 0.195 e. The second-order valence-electron chi connectivity index (χ2n) is 5.15. The molecule has 3 heteroatoms. The summed E-state index contributed by atoms with van der Waals surface area (Å²) in [7, 11) is 0. The molecule has 1 nitrogen and oxygen atoms in total. The van der Waals surface area contributed by atoms with Crippen molar-refractivity contribution in [1.29, 1.82) is 0 Å². The number of terminal acetylenes is 1. The van der Waals surface area contributed by atoms with Crippen molar-refractivity contribution in [1.82, 2.24) is 0 Å². The average Bonchev–Trinajstić information content (AvgIpc) is 3.18. The largest absolute Gasteiger partial charge is 0.368 e. The predicted molar refractivity (Wildman–Crippen MR) is 95.5 cm³/mol. The number of hydrogen-bond acceptors (Lipinski definition) is 3. The maximum absolute atomic E-state index is 11.1. The highest BCUT2D eigenvalue weighted by Crippen LogP contribution is 2.41. The van der Waals surface area contributed by atoms with Crippen molar-refractivity contribution in [3.63, 3.8) is 0 Å². The van der Waals surface area contributed by atoms with Crippen LogP contribution in [0.25, 0.3) is 20.2 Å². The SMILES string of the molecule is C#CC(O)(c1cc2ccccc2s1)c1cc2ccccc2s1. The van der Waals surface area contributed by atoms with Crippen LogP contribution in [0.3, 0.4) is 0 Å². The number of hydrogen-bond donors (Lipinski definition) is 1. The Balaban J connectivity index is 1.93. The molecule has 0 bridgehead atoms. The lowest BCUT2D eigenvalue weighted by atomic mass is 10.00. The molecule has 0 radical (unpaired) electrons. The zero-order valence-electron chi connectivity index (χ0n) is 11.6. The van der Waals surface area contributed by atoms with Crippen LogP contribution in [0.4, 0.5) is 0 Å². The van der Waals surface area contributed by atoms with E-state index in [2.05, 4.69) is 5.92 Å². The van der Waals surface area contributed by atoms with E-state index in [4.69, 9.17) is 6.42 Å². The molecule has 22 heavy (non-hydrogen) atoms. The van der Waals surface area contributed by atoms with Gasteiger partial charge in [-0.05, 0) is 35.0 Å². The van der Waals surface area contributed by atoms with Crippen LogP contribution in [-0.4, -0.2) is 5.11 Å². The van der Waals surface area contributed by atoms with Crippen molar-refractivity contribution in [3.05, 3.63) is 70.4 Å². The summed E-state index contributed by atoms with van der Waals surface area (Å²) in [4.78, 5) is 1.59. The van der Waals surface area contributed by atoms with Crippen molar-refractivity contribution >= 4 is 42.8 Å². The fraction of sp³-hybridized carbons (Fsp3) is 0.0526. The highest BCUT2D eigenvalue weighted by molar-refractivity contribution is 7.20. The summed E-state index contributed by atoms with van der Waals surface area (Å²) in [6, 6.07) is 20.1. The molecule has 0 saturated carbocycles. The summed E-state index contributed by atoms with van der Waals surface area (Å²) in [5.41, 5.74) is -1.37. The van der Waals surface area contributed by atoms with E-state index in [-0.39, 0.29) is 0 Å². The van der Waals surface area contributed by atoms with E-state index in [0.29, 0.717) is 0 Å². The molecule has 1 N–H and O–H groups in total. The Labute approximate surface area is 136 Å². The first kappa shape index (κ1) is 13.5. The molecule has 0 atom stereocenters. The number of thiophene rings is 2. The lowest BCUT2D eigenvalue weighted by molar-refractivity contribution is 0.153. The minimum absolute atomic E-state index is 0.794. The third-order valence-electron chi connectivity index (χ3n) is 3.77. The van der Waals surface area contributed by atoms with Gasteiger partial charge >= 0.3 is 0 Å². The molecule has 0 aliphatic carbocycles. The van der Waals surface area contributed by atoms with Gasteiger partial charge in [0.05, 0.1) is 9.75 Å². The van der Waals surface area contributed by atoms with Crippen molar-refractivity contribution in [2.75, 3.05) is 0 Å². The van der Waals surface area contributed by atoms with Crippen molar-refractivity contribution in [3.8, 4) is 12.3 Å². The molecule has 0 aliphatic heterocycles. The number of aliphatic hydroxyl groups is 1. The quantitative estimate of drug-likeness (QED) is 0.516. The molecular formula is C19H12OS2. The van der Waals surface area contributed by atoms with Gasteiger partial charge in [-0.25, -0.2) is 0 Å². The zero-order chi connectivity index (χ0) is 15.2. The standard InChI is InChI=1S/C19H12OS2/c1-2-19(20,17-11-13-7-3-5-9-15(13)21-17)18-12-14-8-4-6-10-16(14)22-18/h1,3-12,20H. The van der Waals surface area contributed by atoms with Crippen LogP contribution in [0.5, 0.6) is 0 Å². The second-order valence-corrected chi connectivity index (χ2v) is 7.32. The minimum Gasteiger partial charge on any atom is -0.368 e. The molecule has 106 valence electrons. The number of benzene rings is 2. The fourth-order valence-corrected chi connectivity index (χ4v) is 4.91. The third kappa shape index (κ3) is 1.97. The van der Waals surface area contributed by atoms with E-state index in [1.54, 1.807) is 22.7 Å². The highest BCUT2D eigenvalue weighted by atomic mass is 32.1. The summed E-state index contributed by atoms with van der Waals surface area (Å²) in [6.45, 7) is 0. The normalized spacial score (nSPS) is 11.8. The van der Waals surface area contributed by atoms with E-state index in [9.17, 15) is 5.11 Å². The molecule has 2 aromatic carbocycles. The van der Waals surface area contributed by atoms with E-state index < -0.39 is 5.60 Å². The van der Waals surface area contributed by atoms with Gasteiger partial charge in [-0.1, -0.05) is 42.3 Å². The Morgan fingerprint density at radius 2 is 1.27 bits per heavy atom. The molecular weight excluding hydrogens is 308 g/mol. The predicted octanol–water partition coefficient (Wildman–Crippen LogP) is 4.99. The number of fused-ring (bicyclic) bond motifs is 2. The van der Waals surface area contributed by atoms with Crippen LogP contribution in [0.2, 0.25) is 0 Å². The summed E-state index contributed by atoms with van der Waals surface area (Å²) < 4.78 is 2.26. The van der Waals surface area contributed by atoms with E-state index in [1.807, 2.05) is 60.7 Å². The average molecular weight is 320 g/mol. The minimum atomic E-state index is -1.37. The van der Waals surface area contributed by atoms with Crippen LogP contribution in [0.15, 0.2) is 60.7 Å². The molecule has 0 saturated heterocycles. The number of rotatable bonds is 2. The summed E-state index contributed by atoms with van der Waals surface area (Å²) in [5, 5.41) is 13.4. The van der Waals surface area contributed by atoms with Gasteiger partial charge in [-0.15, -0.1) is 29.1 Å². The topological polar surface area (TPSA) is 20.2 Å². The molecule has 0 fully saturated rings. The Bertz CT molecular complexity index is 876. The monoisotopic (exact) mass is 320 g/mol. The second kappa shape index (κ2) is 4.96. The van der Waals surface area contributed by atoms with Gasteiger partial charge in [0.15, 0.2) is 5.60 Å². The van der Waals surface area contributed by atoms with E-state index in [0.717, 1.165) is 29.9 Å². The van der Waals surface area contributed by atoms with Crippen LogP contribution in [-0.2, 0) is 5.60 Å². The Hall–Kier alpha value is -2.12. The van der Waals surface area contributed by atoms with E-state index in [1.165, 1.54) is 0 Å². The molecule has 4 rings (SSSR count). The van der Waals surface area contributed by atoms with Crippen molar-refractivity contribution in [2.24, 2.45) is 0 Å². The van der Waals surface area contributed by atoms with Crippen LogP contribution >= 0.6 is 22.7 Å². The van der Waals surface area contributed by atoms with Gasteiger partial charge in [-0.3, -0.25) is 0 Å². The molecule has 0 unspecified atom stereocenters.